The molecule has 0 aliphatic rings. The number of carbonyl (C=O) groups excluding carboxylic acids is 2. The zero-order chi connectivity index (χ0) is 24.0. The fourth-order valence-corrected chi connectivity index (χ4v) is 3.77. The molecular weight excluding hydrogens is 458 g/mol. The molecule has 0 aliphatic heterocycles. The molecule has 0 aromatic heterocycles. The van der Waals surface area contributed by atoms with Gasteiger partial charge >= 0.3 is 5.97 Å². The van der Waals surface area contributed by atoms with Crippen LogP contribution in [0.1, 0.15) is 10.4 Å². The second-order valence-electron chi connectivity index (χ2n) is 6.58. The van der Waals surface area contributed by atoms with E-state index in [-0.39, 0.29) is 21.8 Å². The largest absolute Gasteiger partial charge is 0.497 e. The SMILES string of the molecule is COc1ccc(S(=O)(=O)Nc2ccccc2C(=O)OCC(=O)Nc2ccc(F)cc2F)cc1. The van der Waals surface area contributed by atoms with Gasteiger partial charge in [0.2, 0.25) is 0 Å². The lowest BCUT2D eigenvalue weighted by Crippen LogP contribution is -2.22. The van der Waals surface area contributed by atoms with Crippen LogP contribution in [0.5, 0.6) is 5.75 Å². The molecule has 0 unspecified atom stereocenters. The highest BCUT2D eigenvalue weighted by atomic mass is 32.2. The van der Waals surface area contributed by atoms with Crippen LogP contribution < -0.4 is 14.8 Å². The zero-order valence-electron chi connectivity index (χ0n) is 17.2. The van der Waals surface area contributed by atoms with Crippen molar-refractivity contribution in [1.29, 1.82) is 0 Å². The minimum atomic E-state index is -4.04. The van der Waals surface area contributed by atoms with Crippen LogP contribution in [0.2, 0.25) is 0 Å². The van der Waals surface area contributed by atoms with Gasteiger partial charge < -0.3 is 14.8 Å². The van der Waals surface area contributed by atoms with Gasteiger partial charge in [-0.3, -0.25) is 9.52 Å². The highest BCUT2D eigenvalue weighted by molar-refractivity contribution is 7.92. The molecule has 3 aromatic carbocycles. The molecule has 0 bridgehead atoms. The summed E-state index contributed by atoms with van der Waals surface area (Å²) in [6.45, 7) is -0.783. The van der Waals surface area contributed by atoms with Crippen LogP contribution in [0.15, 0.2) is 71.6 Å². The van der Waals surface area contributed by atoms with E-state index in [1.54, 1.807) is 0 Å². The number of sulfonamides is 1. The standard InChI is InChI=1S/C22H18F2N2O6S/c1-31-15-7-9-16(10-8-15)33(29,30)26-19-5-3-2-4-17(19)22(28)32-13-21(27)25-20-11-6-14(23)12-18(20)24/h2-12,26H,13H2,1H3,(H,25,27). The minimum Gasteiger partial charge on any atom is -0.497 e. The summed E-state index contributed by atoms with van der Waals surface area (Å²) in [7, 11) is -2.60. The summed E-state index contributed by atoms with van der Waals surface area (Å²) >= 11 is 0. The van der Waals surface area contributed by atoms with E-state index in [1.807, 2.05) is 0 Å². The molecule has 0 aliphatic carbocycles. The highest BCUT2D eigenvalue weighted by Gasteiger charge is 2.20. The molecule has 2 N–H and O–H groups in total. The Balaban J connectivity index is 1.68. The van der Waals surface area contributed by atoms with Crippen LogP contribution in [-0.2, 0) is 19.6 Å². The number of methoxy groups -OCH3 is 1. The van der Waals surface area contributed by atoms with Crippen molar-refractivity contribution in [1.82, 2.24) is 0 Å². The first-order chi connectivity index (χ1) is 15.7. The molecule has 11 heteroatoms. The van der Waals surface area contributed by atoms with Crippen LogP contribution in [0.25, 0.3) is 0 Å². The van der Waals surface area contributed by atoms with Crippen LogP contribution >= 0.6 is 0 Å². The number of ether oxygens (including phenoxy) is 2. The summed E-state index contributed by atoms with van der Waals surface area (Å²) in [6.07, 6.45) is 0. The molecule has 8 nitrogen and oxygen atoms in total. The van der Waals surface area contributed by atoms with Crippen molar-refractivity contribution >= 4 is 33.3 Å². The molecule has 0 heterocycles. The molecule has 0 saturated carbocycles. The monoisotopic (exact) mass is 476 g/mol. The number of rotatable bonds is 8. The summed E-state index contributed by atoms with van der Waals surface area (Å²) in [5.74, 6) is -3.20. The average molecular weight is 476 g/mol. The van der Waals surface area contributed by atoms with Gasteiger partial charge in [0.15, 0.2) is 6.61 Å². The maximum absolute atomic E-state index is 13.6. The molecule has 0 radical (unpaired) electrons. The van der Waals surface area contributed by atoms with Crippen molar-refractivity contribution in [2.75, 3.05) is 23.8 Å². The summed E-state index contributed by atoms with van der Waals surface area (Å²) in [6, 6.07) is 13.8. The number of nitrogens with one attached hydrogen (secondary N) is 2. The lowest BCUT2D eigenvalue weighted by molar-refractivity contribution is -0.119. The Labute approximate surface area is 188 Å². The van der Waals surface area contributed by atoms with Gasteiger partial charge in [0.1, 0.15) is 17.4 Å². The lowest BCUT2D eigenvalue weighted by atomic mass is 10.2. The van der Waals surface area contributed by atoms with E-state index in [2.05, 4.69) is 10.0 Å². The first kappa shape index (κ1) is 23.7. The van der Waals surface area contributed by atoms with Crippen LogP contribution in [0, 0.1) is 11.6 Å². The third-order valence-electron chi connectivity index (χ3n) is 4.30. The van der Waals surface area contributed by atoms with Gasteiger partial charge in [0, 0.05) is 6.07 Å². The Hall–Kier alpha value is -3.99. The topological polar surface area (TPSA) is 111 Å². The summed E-state index contributed by atoms with van der Waals surface area (Å²) < 4.78 is 64.1. The summed E-state index contributed by atoms with van der Waals surface area (Å²) in [5, 5.41) is 2.15. The molecule has 172 valence electrons. The number of benzene rings is 3. The predicted octanol–water partition coefficient (Wildman–Crippen LogP) is 3.57. The van der Waals surface area contributed by atoms with Gasteiger partial charge in [-0.15, -0.1) is 0 Å². The number of hydrogen-bond acceptors (Lipinski definition) is 6. The second kappa shape index (κ2) is 10.1. The van der Waals surface area contributed by atoms with E-state index in [4.69, 9.17) is 9.47 Å². The number of anilines is 2. The molecule has 33 heavy (non-hydrogen) atoms. The fourth-order valence-electron chi connectivity index (χ4n) is 2.69. The number of esters is 1. The molecule has 1 amide bonds. The number of carbonyl (C=O) groups is 2. The highest BCUT2D eigenvalue weighted by Crippen LogP contribution is 2.22. The van der Waals surface area contributed by atoms with Gasteiger partial charge in [-0.1, -0.05) is 12.1 Å². The third-order valence-corrected chi connectivity index (χ3v) is 5.68. The normalized spacial score (nSPS) is 10.9. The Morgan fingerprint density at radius 2 is 1.64 bits per heavy atom. The number of amides is 1. The van der Waals surface area contributed by atoms with Gasteiger partial charge in [-0.2, -0.15) is 0 Å². The van der Waals surface area contributed by atoms with E-state index < -0.39 is 40.1 Å². The minimum absolute atomic E-state index is 0.0628. The molecule has 3 aromatic rings. The molecule has 3 rings (SSSR count). The van der Waals surface area contributed by atoms with E-state index >= 15 is 0 Å². The smallest absolute Gasteiger partial charge is 0.340 e. The van der Waals surface area contributed by atoms with Gasteiger partial charge in [0.25, 0.3) is 15.9 Å². The van der Waals surface area contributed by atoms with E-state index in [0.29, 0.717) is 11.8 Å². The van der Waals surface area contributed by atoms with Gasteiger partial charge in [0.05, 0.1) is 28.9 Å². The van der Waals surface area contributed by atoms with Crippen LogP contribution in [0.4, 0.5) is 20.2 Å². The maximum Gasteiger partial charge on any atom is 0.340 e. The van der Waals surface area contributed by atoms with E-state index in [0.717, 1.165) is 12.1 Å². The Morgan fingerprint density at radius 1 is 0.939 bits per heavy atom. The van der Waals surface area contributed by atoms with Gasteiger partial charge in [-0.25, -0.2) is 22.0 Å². The Kier molecular flexibility index (Phi) is 7.23. The second-order valence-corrected chi connectivity index (χ2v) is 8.26. The number of para-hydroxylation sites is 1. The maximum atomic E-state index is 13.6. The number of hydrogen-bond donors (Lipinski definition) is 2. The zero-order valence-corrected chi connectivity index (χ0v) is 18.0. The Bertz CT molecular complexity index is 1280. The van der Waals surface area contributed by atoms with Crippen molar-refractivity contribution < 1.29 is 36.3 Å². The summed E-state index contributed by atoms with van der Waals surface area (Å²) in [5.41, 5.74) is -0.497. The van der Waals surface area contributed by atoms with Crippen molar-refractivity contribution in [3.05, 3.63) is 83.9 Å². The first-order valence-electron chi connectivity index (χ1n) is 9.37. The van der Waals surface area contributed by atoms with Crippen molar-refractivity contribution in [2.45, 2.75) is 4.90 Å². The fraction of sp³-hybridized carbons (Fsp3) is 0.0909. The molecule has 0 spiro atoms. The summed E-state index contributed by atoms with van der Waals surface area (Å²) in [4.78, 5) is 24.4. The first-order valence-corrected chi connectivity index (χ1v) is 10.9. The number of halogens is 2. The molecule has 0 saturated heterocycles. The average Bonchev–Trinajstić information content (AvgIpc) is 2.79. The van der Waals surface area contributed by atoms with Crippen LogP contribution in [0.3, 0.4) is 0 Å². The van der Waals surface area contributed by atoms with Gasteiger partial charge in [-0.05, 0) is 48.5 Å². The Morgan fingerprint density at radius 3 is 2.30 bits per heavy atom. The third kappa shape index (κ3) is 6.04. The van der Waals surface area contributed by atoms with Crippen LogP contribution in [-0.4, -0.2) is 34.0 Å². The van der Waals surface area contributed by atoms with Crippen molar-refractivity contribution in [2.24, 2.45) is 0 Å². The lowest BCUT2D eigenvalue weighted by Gasteiger charge is -2.13. The van der Waals surface area contributed by atoms with Crippen molar-refractivity contribution in [3.63, 3.8) is 0 Å². The molecule has 0 atom stereocenters. The van der Waals surface area contributed by atoms with E-state index in [9.17, 15) is 26.8 Å². The van der Waals surface area contributed by atoms with E-state index in [1.165, 1.54) is 55.6 Å². The molecule has 0 fully saturated rings. The quantitative estimate of drug-likeness (QED) is 0.481. The van der Waals surface area contributed by atoms with Crippen molar-refractivity contribution in [3.8, 4) is 5.75 Å². The predicted molar refractivity (Wildman–Crippen MR) is 116 cm³/mol. The molecular formula is C22H18F2N2O6S.